The van der Waals surface area contributed by atoms with Crippen molar-refractivity contribution < 1.29 is 14.1 Å². The average Bonchev–Trinajstić information content (AvgIpc) is 3.30. The summed E-state index contributed by atoms with van der Waals surface area (Å²) in [6.07, 6.45) is 1.94. The van der Waals surface area contributed by atoms with E-state index in [0.717, 1.165) is 33.3 Å². The molecule has 2 N–H and O–H groups in total. The third kappa shape index (κ3) is 3.71. The number of fused-ring (bicyclic) bond motifs is 1. The van der Waals surface area contributed by atoms with E-state index in [1.54, 1.807) is 4.57 Å². The number of primary amides is 1. The number of carbonyl (C=O) groups excluding carboxylic acids is 1. The van der Waals surface area contributed by atoms with Crippen molar-refractivity contribution in [2.24, 2.45) is 5.73 Å². The smallest absolute Gasteiger partial charge is 0.258 e. The molecule has 0 aliphatic carbocycles. The third-order valence-corrected chi connectivity index (χ3v) is 4.59. The summed E-state index contributed by atoms with van der Waals surface area (Å²) in [5.41, 5.74) is 8.88. The monoisotopic (exact) mass is 390 g/mol. The Labute approximate surface area is 168 Å². The van der Waals surface area contributed by atoms with Gasteiger partial charge in [0.15, 0.2) is 0 Å². The lowest BCUT2D eigenvalue weighted by Gasteiger charge is -2.12. The molecule has 7 heteroatoms. The normalized spacial score (nSPS) is 11.3. The predicted octanol–water partition coefficient (Wildman–Crippen LogP) is 3.94. The number of aromatic nitrogens is 3. The van der Waals surface area contributed by atoms with Crippen LogP contribution in [0.2, 0.25) is 0 Å². The first kappa shape index (κ1) is 18.7. The summed E-state index contributed by atoms with van der Waals surface area (Å²) in [5, 5.41) is 5.09. The van der Waals surface area contributed by atoms with E-state index in [9.17, 15) is 4.79 Å². The molecule has 148 valence electrons. The van der Waals surface area contributed by atoms with Crippen molar-refractivity contribution >= 4 is 16.8 Å². The molecule has 29 heavy (non-hydrogen) atoms. The third-order valence-electron chi connectivity index (χ3n) is 4.59. The lowest BCUT2D eigenvalue weighted by Crippen LogP contribution is -2.17. The van der Waals surface area contributed by atoms with Crippen LogP contribution in [-0.2, 0) is 11.3 Å². The molecular formula is C22H22N4O3. The summed E-state index contributed by atoms with van der Waals surface area (Å²) in [4.78, 5) is 15.9. The Balaban J connectivity index is 1.69. The van der Waals surface area contributed by atoms with Crippen LogP contribution in [0.4, 0.5) is 0 Å². The lowest BCUT2D eigenvalue weighted by molar-refractivity contribution is -0.118. The zero-order valence-electron chi connectivity index (χ0n) is 16.5. The maximum Gasteiger partial charge on any atom is 0.258 e. The van der Waals surface area contributed by atoms with Gasteiger partial charge in [0.05, 0.1) is 6.10 Å². The topological polar surface area (TPSA) is 96.2 Å². The molecule has 0 aliphatic heterocycles. The summed E-state index contributed by atoms with van der Waals surface area (Å²) in [6.45, 7) is 6.10. The van der Waals surface area contributed by atoms with Crippen molar-refractivity contribution in [3.63, 3.8) is 0 Å². The van der Waals surface area contributed by atoms with Crippen LogP contribution in [0.3, 0.4) is 0 Å². The summed E-state index contributed by atoms with van der Waals surface area (Å²) >= 11 is 0. The van der Waals surface area contributed by atoms with Gasteiger partial charge < -0.3 is 19.6 Å². The highest BCUT2D eigenvalue weighted by Gasteiger charge is 2.16. The van der Waals surface area contributed by atoms with E-state index in [-0.39, 0.29) is 12.6 Å². The quantitative estimate of drug-likeness (QED) is 0.538. The van der Waals surface area contributed by atoms with Gasteiger partial charge in [-0.25, -0.2) is 0 Å². The Morgan fingerprint density at radius 2 is 2.07 bits per heavy atom. The fourth-order valence-corrected chi connectivity index (χ4v) is 3.34. The molecule has 0 saturated carbocycles. The van der Waals surface area contributed by atoms with Gasteiger partial charge in [-0.2, -0.15) is 4.98 Å². The minimum Gasteiger partial charge on any atom is -0.491 e. The highest BCUT2D eigenvalue weighted by atomic mass is 16.5. The minimum absolute atomic E-state index is 0.108. The van der Waals surface area contributed by atoms with Crippen LogP contribution in [0.15, 0.2) is 53.2 Å². The number of nitrogens with zero attached hydrogens (tertiary/aromatic N) is 3. The average molecular weight is 390 g/mol. The van der Waals surface area contributed by atoms with Crippen LogP contribution in [0.1, 0.15) is 19.4 Å². The molecule has 1 amide bonds. The van der Waals surface area contributed by atoms with Crippen LogP contribution >= 0.6 is 0 Å². The Kier molecular flexibility index (Phi) is 4.80. The van der Waals surface area contributed by atoms with Crippen molar-refractivity contribution in [3.8, 4) is 28.6 Å². The number of hydrogen-bond acceptors (Lipinski definition) is 5. The summed E-state index contributed by atoms with van der Waals surface area (Å²) in [5.74, 6) is 1.37. The van der Waals surface area contributed by atoms with Gasteiger partial charge in [0.2, 0.25) is 11.7 Å². The molecule has 0 radical (unpaired) electrons. The maximum absolute atomic E-state index is 11.3. The lowest BCUT2D eigenvalue weighted by atomic mass is 10.1. The molecule has 0 saturated heterocycles. The molecule has 4 rings (SSSR count). The van der Waals surface area contributed by atoms with E-state index < -0.39 is 5.91 Å². The first-order chi connectivity index (χ1) is 13.9. The van der Waals surface area contributed by atoms with Crippen LogP contribution in [-0.4, -0.2) is 26.7 Å². The number of benzene rings is 2. The van der Waals surface area contributed by atoms with E-state index in [1.165, 1.54) is 0 Å². The number of aryl methyl sites for hydroxylation is 1. The molecule has 0 aliphatic rings. The van der Waals surface area contributed by atoms with Crippen molar-refractivity contribution in [3.05, 3.63) is 54.2 Å². The molecule has 7 nitrogen and oxygen atoms in total. The Morgan fingerprint density at radius 1 is 1.24 bits per heavy atom. The van der Waals surface area contributed by atoms with E-state index >= 15 is 0 Å². The molecule has 0 atom stereocenters. The fourth-order valence-electron chi connectivity index (χ4n) is 3.34. The van der Waals surface area contributed by atoms with Crippen molar-refractivity contribution in [1.82, 2.24) is 14.7 Å². The van der Waals surface area contributed by atoms with Gasteiger partial charge in [-0.3, -0.25) is 4.79 Å². The number of nitrogens with two attached hydrogens (primary N) is 1. The Morgan fingerprint density at radius 3 is 2.79 bits per heavy atom. The fraction of sp³-hybridized carbons (Fsp3) is 0.227. The molecule has 2 aromatic carbocycles. The number of rotatable bonds is 6. The molecule has 2 aromatic heterocycles. The van der Waals surface area contributed by atoms with Gasteiger partial charge in [-0.05, 0) is 56.7 Å². The van der Waals surface area contributed by atoms with Crippen molar-refractivity contribution in [2.75, 3.05) is 0 Å². The molecule has 4 aromatic rings. The molecule has 0 spiro atoms. The van der Waals surface area contributed by atoms with Gasteiger partial charge in [0, 0.05) is 28.2 Å². The summed E-state index contributed by atoms with van der Waals surface area (Å²) in [6, 6.07) is 13.5. The second-order valence-electron chi connectivity index (χ2n) is 7.22. The van der Waals surface area contributed by atoms with Gasteiger partial charge in [-0.1, -0.05) is 17.3 Å². The number of carbonyl (C=O) groups is 1. The SMILES string of the molecule is Cc1cc(-c2nc(-c3cccc4c3ccn4CC(N)=O)no2)ccc1OC(C)C. The van der Waals surface area contributed by atoms with Crippen LogP contribution in [0, 0.1) is 6.92 Å². The van der Waals surface area contributed by atoms with Crippen molar-refractivity contribution in [2.45, 2.75) is 33.4 Å². The van der Waals surface area contributed by atoms with Crippen LogP contribution in [0.25, 0.3) is 33.7 Å². The van der Waals surface area contributed by atoms with Gasteiger partial charge >= 0.3 is 0 Å². The first-order valence-corrected chi connectivity index (χ1v) is 9.40. The number of amides is 1. The summed E-state index contributed by atoms with van der Waals surface area (Å²) in [7, 11) is 0. The molecule has 0 unspecified atom stereocenters. The van der Waals surface area contributed by atoms with Crippen LogP contribution in [0.5, 0.6) is 5.75 Å². The first-order valence-electron chi connectivity index (χ1n) is 9.40. The standard InChI is InChI=1S/C22H22N4O3/c1-13(2)28-19-8-7-15(11-14(19)3)22-24-21(25-29-22)17-5-4-6-18-16(17)9-10-26(18)12-20(23)27/h4-11,13H,12H2,1-3H3,(H2,23,27). The number of ether oxygens (including phenoxy) is 1. The van der Waals surface area contributed by atoms with Gasteiger partial charge in [0.1, 0.15) is 12.3 Å². The molecule has 0 bridgehead atoms. The van der Waals surface area contributed by atoms with E-state index in [4.69, 9.17) is 15.0 Å². The van der Waals surface area contributed by atoms with E-state index in [1.807, 2.05) is 69.4 Å². The van der Waals surface area contributed by atoms with Gasteiger partial charge in [-0.15, -0.1) is 0 Å². The predicted molar refractivity (Wildman–Crippen MR) is 110 cm³/mol. The second-order valence-corrected chi connectivity index (χ2v) is 7.22. The zero-order chi connectivity index (χ0) is 20.5. The van der Waals surface area contributed by atoms with E-state index in [2.05, 4.69) is 10.1 Å². The zero-order valence-corrected chi connectivity index (χ0v) is 16.5. The summed E-state index contributed by atoms with van der Waals surface area (Å²) < 4.78 is 13.1. The highest BCUT2D eigenvalue weighted by molar-refractivity contribution is 5.94. The van der Waals surface area contributed by atoms with Gasteiger partial charge in [0.25, 0.3) is 5.89 Å². The minimum atomic E-state index is -0.394. The number of hydrogen-bond donors (Lipinski definition) is 1. The second kappa shape index (κ2) is 7.43. The largest absolute Gasteiger partial charge is 0.491 e. The van der Waals surface area contributed by atoms with E-state index in [0.29, 0.717) is 11.7 Å². The maximum atomic E-state index is 11.3. The highest BCUT2D eigenvalue weighted by Crippen LogP contribution is 2.31. The molecular weight excluding hydrogens is 368 g/mol. The molecule has 0 fully saturated rings. The Bertz CT molecular complexity index is 1190. The Hall–Kier alpha value is -3.61. The van der Waals surface area contributed by atoms with Crippen molar-refractivity contribution in [1.29, 1.82) is 0 Å². The van der Waals surface area contributed by atoms with Crippen LogP contribution < -0.4 is 10.5 Å². The molecule has 2 heterocycles.